The number of rotatable bonds is 8. The van der Waals surface area contributed by atoms with Gasteiger partial charge >= 0.3 is 0 Å². The van der Waals surface area contributed by atoms with Crippen molar-refractivity contribution < 1.29 is 9.47 Å². The van der Waals surface area contributed by atoms with Gasteiger partial charge < -0.3 is 14.4 Å². The molecule has 36 heavy (non-hydrogen) atoms. The lowest BCUT2D eigenvalue weighted by atomic mass is 9.62. The zero-order chi connectivity index (χ0) is 24.8. The summed E-state index contributed by atoms with van der Waals surface area (Å²) in [5.41, 5.74) is 2.43. The average Bonchev–Trinajstić information content (AvgIpc) is 2.96. The lowest BCUT2D eigenvalue weighted by Crippen LogP contribution is -2.49. The molecule has 7 heteroatoms. The molecule has 190 valence electrons. The van der Waals surface area contributed by atoms with E-state index in [1.165, 1.54) is 19.3 Å². The maximum atomic E-state index is 11.8. The van der Waals surface area contributed by atoms with Gasteiger partial charge in [-0.3, -0.25) is 4.90 Å². The molecule has 0 aromatic heterocycles. The largest absolute Gasteiger partial charge is 0.486 e. The first-order valence-corrected chi connectivity index (χ1v) is 13.4. The van der Waals surface area contributed by atoms with Gasteiger partial charge in [0.15, 0.2) is 11.5 Å². The van der Waals surface area contributed by atoms with Crippen LogP contribution in [0, 0.1) is 22.2 Å². The highest BCUT2D eigenvalue weighted by atomic mass is 16.6. The van der Waals surface area contributed by atoms with E-state index in [-0.39, 0.29) is 12.0 Å². The highest BCUT2D eigenvalue weighted by molar-refractivity contribution is 5.65. The molecule has 5 rings (SSSR count). The smallest absolute Gasteiger partial charge is 0.184 e. The van der Waals surface area contributed by atoms with E-state index >= 15 is 0 Å². The molecular formula is C29H36N4O3. The van der Waals surface area contributed by atoms with E-state index in [4.69, 9.17) is 9.47 Å². The highest BCUT2D eigenvalue weighted by Crippen LogP contribution is 2.45. The molecule has 2 aromatic carbocycles. The van der Waals surface area contributed by atoms with E-state index in [9.17, 15) is 10.2 Å². The van der Waals surface area contributed by atoms with Crippen molar-refractivity contribution >= 4 is 5.69 Å². The molecular weight excluding hydrogens is 452 g/mol. The number of nitroso groups, excluding NO2 is 1. The zero-order valence-corrected chi connectivity index (χ0v) is 21.0. The van der Waals surface area contributed by atoms with Crippen LogP contribution in [0.3, 0.4) is 0 Å². The van der Waals surface area contributed by atoms with Crippen LogP contribution in [0.15, 0.2) is 47.6 Å². The molecule has 2 heterocycles. The molecule has 0 bridgehead atoms. The molecule has 1 saturated carbocycles. The lowest BCUT2D eigenvalue weighted by Gasteiger charge is -2.44. The Hall–Kier alpha value is -3.11. The van der Waals surface area contributed by atoms with Gasteiger partial charge in [-0.05, 0) is 55.5 Å². The minimum absolute atomic E-state index is 0.240. The number of fused-ring (bicyclic) bond motifs is 1. The SMILES string of the molecule is N#Cc1ccccc1C(CCN1CCN(c2cccc3c2OCCO3)CC1)(CN=O)C1CCCCC1. The fourth-order valence-electron chi connectivity index (χ4n) is 6.51. The van der Waals surface area contributed by atoms with Gasteiger partial charge in [-0.25, -0.2) is 0 Å². The number of hydrogen-bond acceptors (Lipinski definition) is 7. The molecule has 7 nitrogen and oxygen atoms in total. The monoisotopic (exact) mass is 488 g/mol. The first-order chi connectivity index (χ1) is 17.7. The third-order valence-electron chi connectivity index (χ3n) is 8.45. The van der Waals surface area contributed by atoms with Crippen molar-refractivity contribution in [2.45, 2.75) is 43.9 Å². The molecule has 2 aliphatic heterocycles. The van der Waals surface area contributed by atoms with Crippen LogP contribution >= 0.6 is 0 Å². The normalized spacial score (nSPS) is 20.4. The number of hydrogen-bond donors (Lipinski definition) is 0. The number of piperazine rings is 1. The summed E-state index contributed by atoms with van der Waals surface area (Å²) in [7, 11) is 0. The fourth-order valence-corrected chi connectivity index (χ4v) is 6.51. The Labute approximate surface area is 214 Å². The molecule has 2 aromatic rings. The molecule has 0 radical (unpaired) electrons. The number of ether oxygens (including phenoxy) is 2. The molecule has 1 saturated heterocycles. The summed E-state index contributed by atoms with van der Waals surface area (Å²) < 4.78 is 11.7. The summed E-state index contributed by atoms with van der Waals surface area (Å²) in [6, 6.07) is 16.4. The highest BCUT2D eigenvalue weighted by Gasteiger charge is 2.43. The maximum Gasteiger partial charge on any atom is 0.184 e. The molecule has 1 atom stereocenters. The van der Waals surface area contributed by atoms with Crippen molar-refractivity contribution in [2.24, 2.45) is 11.1 Å². The summed E-state index contributed by atoms with van der Waals surface area (Å²) in [5, 5.41) is 13.4. The summed E-state index contributed by atoms with van der Waals surface area (Å²) in [4.78, 5) is 16.7. The van der Waals surface area contributed by atoms with Crippen molar-refractivity contribution in [3.05, 3.63) is 58.5 Å². The Morgan fingerprint density at radius 3 is 2.53 bits per heavy atom. The summed E-state index contributed by atoms with van der Waals surface area (Å²) in [5.74, 6) is 2.07. The Morgan fingerprint density at radius 2 is 1.75 bits per heavy atom. The van der Waals surface area contributed by atoms with Crippen LogP contribution in [0.2, 0.25) is 0 Å². The Morgan fingerprint density at radius 1 is 0.972 bits per heavy atom. The van der Waals surface area contributed by atoms with Crippen molar-refractivity contribution in [3.8, 4) is 17.6 Å². The van der Waals surface area contributed by atoms with E-state index in [2.05, 4.69) is 33.2 Å². The third kappa shape index (κ3) is 4.92. The van der Waals surface area contributed by atoms with Gasteiger partial charge in [0.2, 0.25) is 0 Å². The van der Waals surface area contributed by atoms with Crippen LogP contribution in [-0.2, 0) is 5.41 Å². The number of anilines is 1. The average molecular weight is 489 g/mol. The quantitative estimate of drug-likeness (QED) is 0.480. The molecule has 0 amide bonds. The van der Waals surface area contributed by atoms with E-state index in [0.717, 1.165) is 74.7 Å². The van der Waals surface area contributed by atoms with E-state index in [1.807, 2.05) is 30.3 Å². The second kappa shape index (κ2) is 11.3. The standard InChI is InChI=1S/C29H36N4O3/c30-21-23-7-4-5-10-25(23)29(22-31-34,24-8-2-1-3-9-24)13-14-32-15-17-33(18-16-32)26-11-6-12-27-28(26)36-20-19-35-27/h4-7,10-12,24H,1-3,8-9,13-20,22H2. The summed E-state index contributed by atoms with van der Waals surface area (Å²) >= 11 is 0. The van der Waals surface area contributed by atoms with E-state index < -0.39 is 0 Å². The van der Waals surface area contributed by atoms with Crippen molar-refractivity contribution in [2.75, 3.05) is 57.4 Å². The summed E-state index contributed by atoms with van der Waals surface area (Å²) in [6.45, 7) is 6.03. The Bertz CT molecular complexity index is 1090. The minimum Gasteiger partial charge on any atom is -0.486 e. The van der Waals surface area contributed by atoms with Crippen molar-refractivity contribution in [3.63, 3.8) is 0 Å². The van der Waals surface area contributed by atoms with Crippen molar-refractivity contribution in [1.82, 2.24) is 4.90 Å². The molecule has 2 fully saturated rings. The molecule has 1 aliphatic carbocycles. The fraction of sp³-hybridized carbons (Fsp3) is 0.552. The van der Waals surface area contributed by atoms with Gasteiger partial charge in [0.25, 0.3) is 0 Å². The maximum absolute atomic E-state index is 11.8. The van der Waals surface area contributed by atoms with Gasteiger partial charge in [0.1, 0.15) is 13.2 Å². The Balaban J connectivity index is 1.32. The summed E-state index contributed by atoms with van der Waals surface area (Å²) in [6.07, 6.45) is 6.67. The molecule has 0 spiro atoms. The number of nitrogens with zero attached hydrogens (tertiary/aromatic N) is 4. The first-order valence-electron chi connectivity index (χ1n) is 13.4. The lowest BCUT2D eigenvalue weighted by molar-refractivity contribution is 0.158. The Kier molecular flexibility index (Phi) is 7.72. The third-order valence-corrected chi connectivity index (χ3v) is 8.45. The second-order valence-corrected chi connectivity index (χ2v) is 10.3. The van der Waals surface area contributed by atoms with Gasteiger partial charge in [-0.2, -0.15) is 10.2 Å². The molecule has 1 unspecified atom stereocenters. The number of para-hydroxylation sites is 1. The topological polar surface area (TPSA) is 78.2 Å². The van der Waals surface area contributed by atoms with E-state index in [1.54, 1.807) is 0 Å². The van der Waals surface area contributed by atoms with Crippen molar-refractivity contribution in [1.29, 1.82) is 5.26 Å². The van der Waals surface area contributed by atoms with Gasteiger partial charge in [-0.1, -0.05) is 48.7 Å². The number of benzene rings is 2. The predicted molar refractivity (Wildman–Crippen MR) is 141 cm³/mol. The second-order valence-electron chi connectivity index (χ2n) is 10.3. The van der Waals surface area contributed by atoms with Crippen LogP contribution < -0.4 is 14.4 Å². The van der Waals surface area contributed by atoms with Crippen LogP contribution in [0.4, 0.5) is 5.69 Å². The van der Waals surface area contributed by atoms with Gasteiger partial charge in [0, 0.05) is 31.6 Å². The number of nitriles is 1. The molecule has 0 N–H and O–H groups in total. The van der Waals surface area contributed by atoms with Gasteiger partial charge in [0.05, 0.1) is 23.9 Å². The zero-order valence-electron chi connectivity index (χ0n) is 21.0. The van der Waals surface area contributed by atoms with Crippen LogP contribution in [0.5, 0.6) is 11.5 Å². The first kappa shape index (κ1) is 24.6. The van der Waals surface area contributed by atoms with Crippen LogP contribution in [0.25, 0.3) is 0 Å². The molecule has 3 aliphatic rings. The van der Waals surface area contributed by atoms with Crippen LogP contribution in [0.1, 0.15) is 49.7 Å². The minimum atomic E-state index is -0.380. The predicted octanol–water partition coefficient (Wildman–Crippen LogP) is 5.13. The van der Waals surface area contributed by atoms with Gasteiger partial charge in [-0.15, -0.1) is 0 Å². The van der Waals surface area contributed by atoms with E-state index in [0.29, 0.717) is 24.7 Å². The van der Waals surface area contributed by atoms with Crippen LogP contribution in [-0.4, -0.2) is 57.4 Å².